The third-order valence-electron chi connectivity index (χ3n) is 2.74. The van der Waals surface area contributed by atoms with E-state index in [4.69, 9.17) is 5.73 Å². The van der Waals surface area contributed by atoms with Gasteiger partial charge in [0.1, 0.15) is 0 Å². The van der Waals surface area contributed by atoms with Crippen LogP contribution in [-0.4, -0.2) is 49.5 Å². The Morgan fingerprint density at radius 1 is 1.47 bits per heavy atom. The van der Waals surface area contributed by atoms with Gasteiger partial charge in [-0.25, -0.2) is 8.42 Å². The average molecular weight is 234 g/mol. The van der Waals surface area contributed by atoms with Crippen LogP contribution in [-0.2, 0) is 9.84 Å². The van der Waals surface area contributed by atoms with Crippen molar-refractivity contribution in [3.05, 3.63) is 0 Å². The summed E-state index contributed by atoms with van der Waals surface area (Å²) in [6.07, 6.45) is 0.756. The molecule has 5 heteroatoms. The molecule has 1 saturated heterocycles. The van der Waals surface area contributed by atoms with E-state index in [1.54, 1.807) is 0 Å². The molecular weight excluding hydrogens is 212 g/mol. The van der Waals surface area contributed by atoms with Gasteiger partial charge in [-0.3, -0.25) is 4.90 Å². The summed E-state index contributed by atoms with van der Waals surface area (Å²) >= 11 is 0. The smallest absolute Gasteiger partial charge is 0.151 e. The summed E-state index contributed by atoms with van der Waals surface area (Å²) in [5.41, 5.74) is 5.69. The minimum Gasteiger partial charge on any atom is -0.324 e. The maximum atomic E-state index is 11.4. The van der Waals surface area contributed by atoms with Gasteiger partial charge in [-0.15, -0.1) is 0 Å². The first-order valence-electron chi connectivity index (χ1n) is 5.47. The van der Waals surface area contributed by atoms with E-state index in [9.17, 15) is 8.42 Å². The second-order valence-electron chi connectivity index (χ2n) is 5.11. The Kier molecular flexibility index (Phi) is 3.79. The Hall–Kier alpha value is -0.130. The second kappa shape index (κ2) is 4.39. The predicted molar refractivity (Wildman–Crippen MR) is 62.6 cm³/mol. The molecule has 0 radical (unpaired) electrons. The Balaban J connectivity index is 2.61. The zero-order valence-electron chi connectivity index (χ0n) is 9.86. The molecule has 2 N–H and O–H groups in total. The summed E-state index contributed by atoms with van der Waals surface area (Å²) in [7, 11) is -2.79. The first kappa shape index (κ1) is 12.9. The Morgan fingerprint density at radius 2 is 2.07 bits per heavy atom. The van der Waals surface area contributed by atoms with E-state index < -0.39 is 9.84 Å². The second-order valence-corrected chi connectivity index (χ2v) is 7.34. The summed E-state index contributed by atoms with van der Waals surface area (Å²) < 4.78 is 22.7. The van der Waals surface area contributed by atoms with Crippen molar-refractivity contribution in [3.63, 3.8) is 0 Å². The highest BCUT2D eigenvalue weighted by atomic mass is 32.2. The number of hydrogen-bond acceptors (Lipinski definition) is 4. The van der Waals surface area contributed by atoms with Crippen LogP contribution in [0.4, 0.5) is 0 Å². The molecule has 0 saturated carbocycles. The lowest BCUT2D eigenvalue weighted by atomic mass is 10.1. The molecule has 1 heterocycles. The van der Waals surface area contributed by atoms with Crippen LogP contribution in [0.2, 0.25) is 0 Å². The van der Waals surface area contributed by atoms with E-state index in [0.29, 0.717) is 11.5 Å². The Labute approximate surface area is 92.7 Å². The van der Waals surface area contributed by atoms with Crippen LogP contribution >= 0.6 is 0 Å². The maximum Gasteiger partial charge on any atom is 0.151 e. The SMILES string of the molecule is CCN(CC(C)(C)N)C1CCS(=O)(=O)C1. The molecule has 0 aromatic carbocycles. The average Bonchev–Trinajstić information content (AvgIpc) is 2.40. The van der Waals surface area contributed by atoms with Crippen molar-refractivity contribution in [2.45, 2.75) is 38.8 Å². The van der Waals surface area contributed by atoms with E-state index in [-0.39, 0.29) is 11.6 Å². The van der Waals surface area contributed by atoms with Crippen LogP contribution in [0.25, 0.3) is 0 Å². The summed E-state index contributed by atoms with van der Waals surface area (Å²) in [5.74, 6) is 0.635. The fourth-order valence-electron chi connectivity index (χ4n) is 2.09. The largest absolute Gasteiger partial charge is 0.324 e. The normalized spacial score (nSPS) is 26.1. The molecule has 0 aromatic heterocycles. The van der Waals surface area contributed by atoms with E-state index in [0.717, 1.165) is 19.5 Å². The van der Waals surface area contributed by atoms with Crippen molar-refractivity contribution in [3.8, 4) is 0 Å². The van der Waals surface area contributed by atoms with E-state index in [2.05, 4.69) is 11.8 Å². The molecule has 15 heavy (non-hydrogen) atoms. The van der Waals surface area contributed by atoms with Crippen molar-refractivity contribution < 1.29 is 8.42 Å². The molecule has 1 aliphatic rings. The summed E-state index contributed by atoms with van der Waals surface area (Å²) in [6, 6.07) is 0.169. The summed E-state index contributed by atoms with van der Waals surface area (Å²) in [4.78, 5) is 2.19. The first-order chi connectivity index (χ1) is 6.73. The molecule has 0 aliphatic carbocycles. The van der Waals surface area contributed by atoms with Gasteiger partial charge in [-0.05, 0) is 26.8 Å². The fourth-order valence-corrected chi connectivity index (χ4v) is 3.85. The highest BCUT2D eigenvalue weighted by Gasteiger charge is 2.33. The van der Waals surface area contributed by atoms with Crippen LogP contribution in [0.1, 0.15) is 27.2 Å². The van der Waals surface area contributed by atoms with Gasteiger partial charge in [-0.2, -0.15) is 0 Å². The van der Waals surface area contributed by atoms with Gasteiger partial charge in [-0.1, -0.05) is 6.92 Å². The van der Waals surface area contributed by atoms with Crippen LogP contribution in [0.5, 0.6) is 0 Å². The number of nitrogens with two attached hydrogens (primary N) is 1. The van der Waals surface area contributed by atoms with Gasteiger partial charge in [0.25, 0.3) is 0 Å². The van der Waals surface area contributed by atoms with Crippen LogP contribution < -0.4 is 5.73 Å². The third-order valence-corrected chi connectivity index (χ3v) is 4.49. The maximum absolute atomic E-state index is 11.4. The predicted octanol–water partition coefficient (Wildman–Crippen LogP) is 0.233. The molecule has 90 valence electrons. The number of rotatable bonds is 4. The molecule has 0 spiro atoms. The van der Waals surface area contributed by atoms with Gasteiger partial charge in [0.05, 0.1) is 11.5 Å². The Bertz CT molecular complexity index is 306. The van der Waals surface area contributed by atoms with Gasteiger partial charge in [0.15, 0.2) is 9.84 Å². The van der Waals surface area contributed by atoms with Crippen molar-refractivity contribution in [2.24, 2.45) is 5.73 Å². The standard InChI is InChI=1S/C10H22N2O2S/c1-4-12(8-10(2,3)11)9-5-6-15(13,14)7-9/h9H,4-8,11H2,1-3H3. The molecule has 4 nitrogen and oxygen atoms in total. The highest BCUT2D eigenvalue weighted by molar-refractivity contribution is 7.91. The molecule has 1 atom stereocenters. The number of sulfone groups is 1. The molecule has 0 bridgehead atoms. The van der Waals surface area contributed by atoms with Crippen LogP contribution in [0.15, 0.2) is 0 Å². The summed E-state index contributed by atoms with van der Waals surface area (Å²) in [6.45, 7) is 7.61. The number of likely N-dealkylation sites (N-methyl/N-ethyl adjacent to an activating group) is 1. The van der Waals surface area contributed by atoms with Crippen LogP contribution in [0, 0.1) is 0 Å². The molecule has 0 amide bonds. The molecule has 1 fully saturated rings. The van der Waals surface area contributed by atoms with Crippen molar-refractivity contribution >= 4 is 9.84 Å². The highest BCUT2D eigenvalue weighted by Crippen LogP contribution is 2.18. The van der Waals surface area contributed by atoms with Gasteiger partial charge < -0.3 is 5.73 Å². The van der Waals surface area contributed by atoms with Crippen molar-refractivity contribution in [1.82, 2.24) is 4.90 Å². The lowest BCUT2D eigenvalue weighted by Crippen LogP contribution is -2.49. The third kappa shape index (κ3) is 4.09. The minimum absolute atomic E-state index is 0.169. The quantitative estimate of drug-likeness (QED) is 0.756. The number of nitrogens with zero attached hydrogens (tertiary/aromatic N) is 1. The molecule has 1 aliphatic heterocycles. The monoisotopic (exact) mass is 234 g/mol. The topological polar surface area (TPSA) is 63.4 Å². The van der Waals surface area contributed by atoms with E-state index >= 15 is 0 Å². The van der Waals surface area contributed by atoms with Crippen molar-refractivity contribution in [2.75, 3.05) is 24.6 Å². The summed E-state index contributed by atoms with van der Waals surface area (Å²) in [5, 5.41) is 0. The zero-order valence-corrected chi connectivity index (χ0v) is 10.7. The van der Waals surface area contributed by atoms with E-state index in [1.807, 2.05) is 13.8 Å². The molecule has 0 aromatic rings. The fraction of sp³-hybridized carbons (Fsp3) is 1.00. The molecule has 1 rings (SSSR count). The lowest BCUT2D eigenvalue weighted by Gasteiger charge is -2.32. The van der Waals surface area contributed by atoms with Gasteiger partial charge in [0, 0.05) is 18.1 Å². The van der Waals surface area contributed by atoms with Crippen molar-refractivity contribution in [1.29, 1.82) is 0 Å². The van der Waals surface area contributed by atoms with Gasteiger partial charge >= 0.3 is 0 Å². The van der Waals surface area contributed by atoms with Gasteiger partial charge in [0.2, 0.25) is 0 Å². The number of hydrogen-bond donors (Lipinski definition) is 1. The molecular formula is C10H22N2O2S. The first-order valence-corrected chi connectivity index (χ1v) is 7.29. The van der Waals surface area contributed by atoms with E-state index in [1.165, 1.54) is 0 Å². The lowest BCUT2D eigenvalue weighted by molar-refractivity contribution is 0.185. The minimum atomic E-state index is -2.79. The zero-order chi connectivity index (χ0) is 11.7. The Morgan fingerprint density at radius 3 is 2.40 bits per heavy atom. The van der Waals surface area contributed by atoms with Crippen LogP contribution in [0.3, 0.4) is 0 Å². The molecule has 1 unspecified atom stereocenters.